The van der Waals surface area contributed by atoms with Crippen molar-refractivity contribution in [2.24, 2.45) is 4.99 Å². The average Bonchev–Trinajstić information content (AvgIpc) is 2.98. The van der Waals surface area contributed by atoms with E-state index in [1.165, 1.54) is 0 Å². The summed E-state index contributed by atoms with van der Waals surface area (Å²) in [4.78, 5) is 13.0. The van der Waals surface area contributed by atoms with Gasteiger partial charge in [0.05, 0.1) is 28.8 Å². The first-order chi connectivity index (χ1) is 12.3. The number of hydrogen-bond acceptors (Lipinski definition) is 5. The Morgan fingerprint density at radius 2 is 2.12 bits per heavy atom. The van der Waals surface area contributed by atoms with Crippen LogP contribution in [0.1, 0.15) is 19.0 Å². The molecule has 0 saturated heterocycles. The van der Waals surface area contributed by atoms with Crippen LogP contribution in [-0.2, 0) is 0 Å². The highest BCUT2D eigenvalue weighted by Gasteiger charge is 2.11. The van der Waals surface area contributed by atoms with E-state index in [4.69, 9.17) is 5.73 Å². The summed E-state index contributed by atoms with van der Waals surface area (Å²) in [5.41, 5.74) is 10.1. The fourth-order valence-electron chi connectivity index (χ4n) is 2.55. The Morgan fingerprint density at radius 3 is 2.81 bits per heavy atom. The van der Waals surface area contributed by atoms with Gasteiger partial charge in [-0.15, -0.1) is 5.10 Å². The standard InChI is InChI=1S/C18H18F2N6/c1-10(8-17(19)20)11(2)23-14-4-5-15(24-12(14)3)13-6-7-26-16(13)9-22-18(21)25-26/h4-7,9,17H,1,8H2,2-3H3,(H2,21,25)/b23-11-. The van der Waals surface area contributed by atoms with Gasteiger partial charge in [0.15, 0.2) is 0 Å². The fourth-order valence-corrected chi connectivity index (χ4v) is 2.55. The van der Waals surface area contributed by atoms with Crippen LogP contribution in [0.2, 0.25) is 0 Å². The summed E-state index contributed by atoms with van der Waals surface area (Å²) in [6.45, 7) is 7.15. The van der Waals surface area contributed by atoms with E-state index in [2.05, 4.69) is 26.6 Å². The van der Waals surface area contributed by atoms with Crippen LogP contribution in [0.3, 0.4) is 0 Å². The van der Waals surface area contributed by atoms with Crippen LogP contribution in [0, 0.1) is 6.92 Å². The lowest BCUT2D eigenvalue weighted by molar-refractivity contribution is 0.150. The number of aryl methyl sites for hydroxylation is 1. The van der Waals surface area contributed by atoms with Gasteiger partial charge in [0.1, 0.15) is 0 Å². The van der Waals surface area contributed by atoms with Crippen LogP contribution in [0.25, 0.3) is 16.8 Å². The first-order valence-electron chi connectivity index (χ1n) is 7.94. The van der Waals surface area contributed by atoms with Gasteiger partial charge in [-0.1, -0.05) is 6.58 Å². The largest absolute Gasteiger partial charge is 0.367 e. The van der Waals surface area contributed by atoms with Gasteiger partial charge in [-0.25, -0.2) is 18.3 Å². The van der Waals surface area contributed by atoms with Crippen molar-refractivity contribution in [1.29, 1.82) is 0 Å². The molecule has 0 aliphatic carbocycles. The number of anilines is 1. The summed E-state index contributed by atoms with van der Waals surface area (Å²) < 4.78 is 26.6. The fraction of sp³-hybridized carbons (Fsp3) is 0.222. The first kappa shape index (κ1) is 17.7. The number of aromatic nitrogens is 4. The number of halogens is 2. The molecule has 6 nitrogen and oxygen atoms in total. The van der Waals surface area contributed by atoms with Gasteiger partial charge in [0.25, 0.3) is 0 Å². The molecule has 134 valence electrons. The molecule has 3 aromatic rings. The van der Waals surface area contributed by atoms with Crippen LogP contribution in [0.15, 0.2) is 47.7 Å². The molecule has 8 heteroatoms. The van der Waals surface area contributed by atoms with E-state index < -0.39 is 6.43 Å². The molecule has 0 aliphatic heterocycles. The van der Waals surface area contributed by atoms with E-state index in [-0.39, 0.29) is 12.4 Å². The van der Waals surface area contributed by atoms with E-state index >= 15 is 0 Å². The van der Waals surface area contributed by atoms with Crippen LogP contribution in [0.5, 0.6) is 0 Å². The molecule has 0 bridgehead atoms. The zero-order chi connectivity index (χ0) is 18.8. The Hall–Kier alpha value is -3.16. The Kier molecular flexibility index (Phi) is 4.75. The molecule has 0 unspecified atom stereocenters. The van der Waals surface area contributed by atoms with Crippen molar-refractivity contribution in [2.75, 3.05) is 5.73 Å². The lowest BCUT2D eigenvalue weighted by Crippen LogP contribution is -2.02. The number of aliphatic imine (C=N–C) groups is 1. The molecule has 3 aromatic heterocycles. The quantitative estimate of drug-likeness (QED) is 0.701. The lowest BCUT2D eigenvalue weighted by Gasteiger charge is -2.07. The number of pyridine rings is 1. The van der Waals surface area contributed by atoms with E-state index in [1.807, 2.05) is 19.1 Å². The summed E-state index contributed by atoms with van der Waals surface area (Å²) in [6, 6.07) is 5.50. The molecule has 0 radical (unpaired) electrons. The van der Waals surface area contributed by atoms with Gasteiger partial charge < -0.3 is 5.73 Å². The number of nitrogens with zero attached hydrogens (tertiary/aromatic N) is 5. The normalized spacial score (nSPS) is 12.1. The third-order valence-electron chi connectivity index (χ3n) is 3.97. The monoisotopic (exact) mass is 356 g/mol. The average molecular weight is 356 g/mol. The second kappa shape index (κ2) is 6.99. The number of allylic oxidation sites excluding steroid dienone is 1. The highest BCUT2D eigenvalue weighted by atomic mass is 19.3. The molecule has 0 aliphatic rings. The predicted molar refractivity (Wildman–Crippen MR) is 97.9 cm³/mol. The number of rotatable bonds is 5. The minimum absolute atomic E-state index is 0.188. The molecular weight excluding hydrogens is 338 g/mol. The molecule has 3 heterocycles. The van der Waals surface area contributed by atoms with Crippen LogP contribution >= 0.6 is 0 Å². The van der Waals surface area contributed by atoms with Gasteiger partial charge >= 0.3 is 0 Å². The van der Waals surface area contributed by atoms with E-state index in [1.54, 1.807) is 29.9 Å². The van der Waals surface area contributed by atoms with Crippen molar-refractivity contribution in [3.63, 3.8) is 0 Å². The van der Waals surface area contributed by atoms with Gasteiger partial charge in [-0.3, -0.25) is 9.98 Å². The predicted octanol–water partition coefficient (Wildman–Crippen LogP) is 3.99. The number of nitrogens with two attached hydrogens (primary N) is 1. The van der Waals surface area contributed by atoms with Crippen molar-refractivity contribution in [2.45, 2.75) is 26.7 Å². The van der Waals surface area contributed by atoms with Crippen molar-refractivity contribution < 1.29 is 8.78 Å². The van der Waals surface area contributed by atoms with Crippen LogP contribution in [0.4, 0.5) is 20.4 Å². The number of hydrogen-bond donors (Lipinski definition) is 1. The van der Waals surface area contributed by atoms with Crippen LogP contribution in [-0.4, -0.2) is 31.7 Å². The third-order valence-corrected chi connectivity index (χ3v) is 3.97. The van der Waals surface area contributed by atoms with Crippen molar-refractivity contribution in [1.82, 2.24) is 19.6 Å². The Morgan fingerprint density at radius 1 is 1.35 bits per heavy atom. The first-order valence-corrected chi connectivity index (χ1v) is 7.94. The minimum Gasteiger partial charge on any atom is -0.367 e. The molecule has 0 saturated carbocycles. The van der Waals surface area contributed by atoms with Gasteiger partial charge in [-0.05, 0) is 37.6 Å². The van der Waals surface area contributed by atoms with E-state index in [0.29, 0.717) is 22.7 Å². The molecule has 0 fully saturated rings. The topological polar surface area (TPSA) is 81.5 Å². The molecule has 0 amide bonds. The van der Waals surface area contributed by atoms with Gasteiger partial charge in [-0.2, -0.15) is 0 Å². The summed E-state index contributed by atoms with van der Waals surface area (Å²) in [6.07, 6.45) is 0.595. The zero-order valence-electron chi connectivity index (χ0n) is 14.4. The third kappa shape index (κ3) is 3.58. The summed E-state index contributed by atoms with van der Waals surface area (Å²) in [5, 5.41) is 4.11. The Balaban J connectivity index is 1.93. The molecular formula is C18H18F2N6. The Bertz CT molecular complexity index is 1010. The maximum atomic E-state index is 12.5. The minimum atomic E-state index is -2.44. The maximum Gasteiger partial charge on any atom is 0.242 e. The van der Waals surface area contributed by atoms with Gasteiger partial charge in [0.2, 0.25) is 12.4 Å². The number of alkyl halides is 2. The van der Waals surface area contributed by atoms with Crippen molar-refractivity contribution in [3.05, 3.63) is 48.4 Å². The SMILES string of the molecule is C=C(CC(F)F)/C(C)=N\c1ccc(-c2ccn3nc(N)ncc23)nc1C. The Labute approximate surface area is 149 Å². The number of nitrogen functional groups attached to an aromatic ring is 1. The number of fused-ring (bicyclic) bond motifs is 1. The second-order valence-corrected chi connectivity index (χ2v) is 5.87. The van der Waals surface area contributed by atoms with Gasteiger partial charge in [0, 0.05) is 23.9 Å². The summed E-state index contributed by atoms with van der Waals surface area (Å²) >= 11 is 0. The smallest absolute Gasteiger partial charge is 0.242 e. The van der Waals surface area contributed by atoms with Crippen molar-refractivity contribution >= 4 is 22.9 Å². The summed E-state index contributed by atoms with van der Waals surface area (Å²) in [5.74, 6) is 0.188. The second-order valence-electron chi connectivity index (χ2n) is 5.87. The van der Waals surface area contributed by atoms with Crippen LogP contribution < -0.4 is 5.73 Å². The van der Waals surface area contributed by atoms with E-state index in [9.17, 15) is 8.78 Å². The highest BCUT2D eigenvalue weighted by Crippen LogP contribution is 2.27. The molecule has 0 atom stereocenters. The van der Waals surface area contributed by atoms with E-state index in [0.717, 1.165) is 16.8 Å². The van der Waals surface area contributed by atoms with Crippen molar-refractivity contribution in [3.8, 4) is 11.3 Å². The zero-order valence-corrected chi connectivity index (χ0v) is 14.4. The molecule has 2 N–H and O–H groups in total. The molecule has 26 heavy (non-hydrogen) atoms. The summed E-state index contributed by atoms with van der Waals surface area (Å²) in [7, 11) is 0. The molecule has 0 aromatic carbocycles. The lowest BCUT2D eigenvalue weighted by atomic mass is 10.1. The molecule has 0 spiro atoms. The molecule has 3 rings (SSSR count). The highest BCUT2D eigenvalue weighted by molar-refractivity contribution is 5.99. The maximum absolute atomic E-state index is 12.5.